The number of hydrogen-bond acceptors (Lipinski definition) is 7. The van der Waals surface area contributed by atoms with Crippen molar-refractivity contribution >= 4 is 23.4 Å². The second-order valence-corrected chi connectivity index (χ2v) is 10.4. The average Bonchev–Trinajstić information content (AvgIpc) is 3.42. The molecule has 1 amide bonds. The second-order valence-electron chi connectivity index (χ2n) is 9.41. The van der Waals surface area contributed by atoms with Crippen molar-refractivity contribution in [3.05, 3.63) is 106 Å². The third kappa shape index (κ3) is 6.16. The first-order chi connectivity index (χ1) is 20.2. The van der Waals surface area contributed by atoms with Gasteiger partial charge >= 0.3 is 0 Å². The van der Waals surface area contributed by atoms with Crippen molar-refractivity contribution in [3.8, 4) is 0 Å². The average molecular weight is 607 g/mol. The van der Waals surface area contributed by atoms with E-state index in [1.165, 1.54) is 30.0 Å². The number of benzene rings is 3. The van der Waals surface area contributed by atoms with E-state index in [4.69, 9.17) is 9.47 Å². The molecule has 1 aliphatic rings. The minimum Gasteiger partial charge on any atom is -0.392 e. The first-order valence-electron chi connectivity index (χ1n) is 12.6. The molecule has 0 unspecified atom stereocenters. The second kappa shape index (κ2) is 12.6. The Balaban J connectivity index is 1.39. The third-order valence-corrected chi connectivity index (χ3v) is 7.70. The molecule has 3 atom stereocenters. The van der Waals surface area contributed by atoms with Crippen LogP contribution in [0.1, 0.15) is 45.9 Å². The number of hydrogen-bond donors (Lipinski definition) is 2. The molecule has 1 fully saturated rings. The molecule has 1 aliphatic heterocycles. The molecule has 4 aromatic rings. The van der Waals surface area contributed by atoms with Crippen LogP contribution in [0.15, 0.2) is 60.0 Å². The number of anilines is 1. The number of rotatable bonds is 8. The predicted octanol–water partition coefficient (Wildman–Crippen LogP) is 5.59. The molecule has 0 spiro atoms. The molecule has 1 saturated heterocycles. The molecule has 0 bridgehead atoms. The third-order valence-electron chi connectivity index (χ3n) is 6.54. The van der Waals surface area contributed by atoms with E-state index in [1.807, 2.05) is 19.2 Å². The topological polar surface area (TPSA) is 98.5 Å². The number of aliphatic hydroxyl groups excluding tert-OH is 1. The number of ether oxygens (including phenoxy) is 2. The number of nitrogens with one attached hydrogen (secondary N) is 1. The minimum absolute atomic E-state index is 0.00748. The molecule has 2 heterocycles. The van der Waals surface area contributed by atoms with Crippen LogP contribution in [-0.2, 0) is 23.1 Å². The van der Waals surface area contributed by atoms with Gasteiger partial charge in [-0.15, -0.1) is 10.2 Å². The van der Waals surface area contributed by atoms with Gasteiger partial charge in [0.15, 0.2) is 34.7 Å². The standard InChI is InChI=1S/C28H23F5N4O4S/c1-37-13-34-36-28(37)42-12-18-10-19(15-7-5-14(11-38)6-8-15)41-27(40-18)16-3-2-4-17(9-16)35-26(39)20-21(29)23(31)25(33)24(32)22(20)30/h2-9,13,18-19,27,38H,10-12H2,1H3,(H,35,39)/t18-,19+,27+/m1/s1. The van der Waals surface area contributed by atoms with Gasteiger partial charge in [0, 0.05) is 30.5 Å². The molecular weight excluding hydrogens is 583 g/mol. The molecule has 1 aromatic heterocycles. The number of nitrogens with zero attached hydrogens (tertiary/aromatic N) is 3. The molecule has 0 radical (unpaired) electrons. The van der Waals surface area contributed by atoms with Crippen molar-refractivity contribution in [1.29, 1.82) is 0 Å². The van der Waals surface area contributed by atoms with Gasteiger partial charge in [-0.1, -0.05) is 48.2 Å². The van der Waals surface area contributed by atoms with Gasteiger partial charge in [0.1, 0.15) is 11.9 Å². The number of aliphatic hydroxyl groups is 1. The smallest absolute Gasteiger partial charge is 0.261 e. The van der Waals surface area contributed by atoms with Crippen LogP contribution >= 0.6 is 11.8 Å². The summed E-state index contributed by atoms with van der Waals surface area (Å²) in [5.41, 5.74) is 0.400. The fourth-order valence-corrected chi connectivity index (χ4v) is 5.26. The Labute approximate surface area is 240 Å². The minimum atomic E-state index is -2.36. The van der Waals surface area contributed by atoms with Gasteiger partial charge in [-0.2, -0.15) is 0 Å². The first-order valence-corrected chi connectivity index (χ1v) is 13.5. The van der Waals surface area contributed by atoms with Gasteiger partial charge in [-0.25, -0.2) is 22.0 Å². The van der Waals surface area contributed by atoms with E-state index in [0.717, 1.165) is 11.1 Å². The number of amides is 1. The van der Waals surface area contributed by atoms with Crippen LogP contribution in [0.2, 0.25) is 0 Å². The molecule has 5 rings (SSSR count). The Bertz CT molecular complexity index is 1570. The highest BCUT2D eigenvalue weighted by Crippen LogP contribution is 2.40. The Morgan fingerprint density at radius 1 is 1.00 bits per heavy atom. The monoisotopic (exact) mass is 606 g/mol. The summed E-state index contributed by atoms with van der Waals surface area (Å²) in [5.74, 6) is -12.3. The fourth-order valence-electron chi connectivity index (χ4n) is 4.35. The van der Waals surface area contributed by atoms with Crippen LogP contribution < -0.4 is 5.32 Å². The van der Waals surface area contributed by atoms with E-state index < -0.39 is 53.0 Å². The molecule has 8 nitrogen and oxygen atoms in total. The number of aryl methyl sites for hydroxylation is 1. The van der Waals surface area contributed by atoms with Crippen molar-refractivity contribution in [2.45, 2.75) is 36.7 Å². The maximum Gasteiger partial charge on any atom is 0.261 e. The summed E-state index contributed by atoms with van der Waals surface area (Å²) in [7, 11) is 1.81. The SMILES string of the molecule is Cn1cnnc1SC[C@H]1C[C@@H](c2ccc(CO)cc2)O[C@@H](c2cccc(NC(=O)c3c(F)c(F)c(F)c(F)c3F)c2)O1. The van der Waals surface area contributed by atoms with Crippen LogP contribution in [0.5, 0.6) is 0 Å². The van der Waals surface area contributed by atoms with E-state index in [2.05, 4.69) is 15.5 Å². The van der Waals surface area contributed by atoms with Crippen LogP contribution in [-0.4, -0.2) is 37.6 Å². The zero-order chi connectivity index (χ0) is 30.0. The predicted molar refractivity (Wildman–Crippen MR) is 141 cm³/mol. The zero-order valence-corrected chi connectivity index (χ0v) is 22.7. The number of aromatic nitrogens is 3. The number of carbonyl (C=O) groups is 1. The van der Waals surface area contributed by atoms with E-state index in [1.54, 1.807) is 29.1 Å². The van der Waals surface area contributed by atoms with Gasteiger partial charge in [0.25, 0.3) is 5.91 Å². The molecule has 0 aliphatic carbocycles. The van der Waals surface area contributed by atoms with Gasteiger partial charge in [-0.05, 0) is 23.3 Å². The van der Waals surface area contributed by atoms with Crippen molar-refractivity contribution in [3.63, 3.8) is 0 Å². The molecule has 220 valence electrons. The van der Waals surface area contributed by atoms with Crippen LogP contribution in [0, 0.1) is 29.1 Å². The molecule has 2 N–H and O–H groups in total. The lowest BCUT2D eigenvalue weighted by Gasteiger charge is -2.36. The lowest BCUT2D eigenvalue weighted by Crippen LogP contribution is -2.31. The number of carbonyl (C=O) groups excluding carboxylic acids is 1. The van der Waals surface area contributed by atoms with Gasteiger partial charge in [-0.3, -0.25) is 4.79 Å². The Kier molecular flexibility index (Phi) is 8.87. The normalized spacial score (nSPS) is 18.7. The summed E-state index contributed by atoms with van der Waals surface area (Å²) >= 11 is 1.44. The summed E-state index contributed by atoms with van der Waals surface area (Å²) in [6.07, 6.45) is 0.356. The molecule has 3 aromatic carbocycles. The van der Waals surface area contributed by atoms with E-state index in [9.17, 15) is 31.9 Å². The van der Waals surface area contributed by atoms with Crippen molar-refractivity contribution in [1.82, 2.24) is 14.8 Å². The van der Waals surface area contributed by atoms with Crippen molar-refractivity contribution in [2.75, 3.05) is 11.1 Å². The quantitative estimate of drug-likeness (QED) is 0.117. The highest BCUT2D eigenvalue weighted by Gasteiger charge is 2.33. The van der Waals surface area contributed by atoms with Gasteiger partial charge in [0.05, 0.1) is 18.8 Å². The zero-order valence-electron chi connectivity index (χ0n) is 21.9. The fraction of sp³-hybridized carbons (Fsp3) is 0.250. The number of halogens is 5. The van der Waals surface area contributed by atoms with E-state index >= 15 is 0 Å². The van der Waals surface area contributed by atoms with Gasteiger partial charge < -0.3 is 24.5 Å². The first kappa shape index (κ1) is 29.6. The molecular formula is C28H23F5N4O4S. The summed E-state index contributed by atoms with van der Waals surface area (Å²) in [4.78, 5) is 12.6. The molecule has 42 heavy (non-hydrogen) atoms. The largest absolute Gasteiger partial charge is 0.392 e. The maximum absolute atomic E-state index is 14.2. The Morgan fingerprint density at radius 2 is 1.69 bits per heavy atom. The highest BCUT2D eigenvalue weighted by molar-refractivity contribution is 7.99. The summed E-state index contributed by atoms with van der Waals surface area (Å²) in [6.45, 7) is -0.113. The maximum atomic E-state index is 14.2. The van der Waals surface area contributed by atoms with Crippen molar-refractivity contribution in [2.24, 2.45) is 7.05 Å². The number of thioether (sulfide) groups is 1. The van der Waals surface area contributed by atoms with Crippen LogP contribution in [0.4, 0.5) is 27.6 Å². The Morgan fingerprint density at radius 3 is 2.33 bits per heavy atom. The molecule has 0 saturated carbocycles. The van der Waals surface area contributed by atoms with E-state index in [0.29, 0.717) is 22.9 Å². The Hall–Kier alpha value is -3.85. The van der Waals surface area contributed by atoms with Crippen LogP contribution in [0.25, 0.3) is 0 Å². The lowest BCUT2D eigenvalue weighted by atomic mass is 10.0. The highest BCUT2D eigenvalue weighted by atomic mass is 32.2. The summed E-state index contributed by atoms with van der Waals surface area (Å²) < 4.78 is 83.3. The van der Waals surface area contributed by atoms with Crippen LogP contribution in [0.3, 0.4) is 0 Å². The van der Waals surface area contributed by atoms with Crippen molar-refractivity contribution < 1.29 is 41.3 Å². The summed E-state index contributed by atoms with van der Waals surface area (Å²) in [5, 5.41) is 20.2. The lowest BCUT2D eigenvalue weighted by molar-refractivity contribution is -0.245. The molecule has 14 heteroatoms. The van der Waals surface area contributed by atoms with E-state index in [-0.39, 0.29) is 18.4 Å². The van der Waals surface area contributed by atoms with Gasteiger partial charge in [0.2, 0.25) is 5.82 Å². The summed E-state index contributed by atoms with van der Waals surface area (Å²) in [6, 6.07) is 13.2.